The van der Waals surface area contributed by atoms with E-state index in [0.717, 1.165) is 25.9 Å². The van der Waals surface area contributed by atoms with Crippen LogP contribution in [0.1, 0.15) is 26.2 Å². The summed E-state index contributed by atoms with van der Waals surface area (Å²) in [4.78, 5) is 11.0. The third-order valence-corrected chi connectivity index (χ3v) is 5.31. The van der Waals surface area contributed by atoms with E-state index in [1.807, 2.05) is 6.92 Å². The number of hydrogen-bond donors (Lipinski definition) is 1. The largest absolute Gasteiger partial charge is 0.469 e. The maximum atomic E-state index is 12.2. The molecule has 7 heteroatoms. The fraction of sp³-hybridized carbons (Fsp3) is 0.917. The predicted molar refractivity (Wildman–Crippen MR) is 73.3 cm³/mol. The molecule has 0 spiro atoms. The van der Waals surface area contributed by atoms with Crippen molar-refractivity contribution in [2.24, 2.45) is 5.92 Å². The predicted octanol–water partition coefficient (Wildman–Crippen LogP) is 0.201. The van der Waals surface area contributed by atoms with Gasteiger partial charge in [0.25, 0.3) is 0 Å². The Hall–Kier alpha value is -0.660. The van der Waals surface area contributed by atoms with Crippen LogP contribution in [0.3, 0.4) is 0 Å². The second-order valence-electron chi connectivity index (χ2n) is 4.81. The fourth-order valence-corrected chi connectivity index (χ4v) is 3.76. The Morgan fingerprint density at radius 2 is 2.21 bits per heavy atom. The van der Waals surface area contributed by atoms with Crippen molar-refractivity contribution in [3.8, 4) is 0 Å². The number of esters is 1. The van der Waals surface area contributed by atoms with Gasteiger partial charge >= 0.3 is 5.97 Å². The van der Waals surface area contributed by atoms with Crippen molar-refractivity contribution >= 4 is 16.0 Å². The molecule has 1 atom stereocenters. The van der Waals surface area contributed by atoms with Gasteiger partial charge in [0, 0.05) is 13.1 Å². The molecule has 1 unspecified atom stereocenters. The van der Waals surface area contributed by atoms with Gasteiger partial charge < -0.3 is 10.1 Å². The number of sulfonamides is 1. The number of carbonyl (C=O) groups excluding carboxylic acids is 1. The van der Waals surface area contributed by atoms with Gasteiger partial charge in [0.15, 0.2) is 0 Å². The standard InChI is InChI=1S/C12H24N2O4S/c1-3-14(10-11-5-4-7-13-9-11)19(16,17)8-6-12(15)18-2/h11,13H,3-10H2,1-2H3. The zero-order valence-electron chi connectivity index (χ0n) is 11.7. The quantitative estimate of drug-likeness (QED) is 0.679. The lowest BCUT2D eigenvalue weighted by molar-refractivity contribution is -0.140. The highest BCUT2D eigenvalue weighted by Gasteiger charge is 2.25. The van der Waals surface area contributed by atoms with Crippen molar-refractivity contribution in [2.75, 3.05) is 39.0 Å². The topological polar surface area (TPSA) is 75.7 Å². The van der Waals surface area contributed by atoms with Crippen LogP contribution in [0.5, 0.6) is 0 Å². The average molecular weight is 292 g/mol. The van der Waals surface area contributed by atoms with E-state index in [-0.39, 0.29) is 12.2 Å². The van der Waals surface area contributed by atoms with Crippen LogP contribution in [0.15, 0.2) is 0 Å². The van der Waals surface area contributed by atoms with Crippen LogP contribution in [0.4, 0.5) is 0 Å². The molecular formula is C12H24N2O4S. The van der Waals surface area contributed by atoms with Crippen molar-refractivity contribution in [1.29, 1.82) is 0 Å². The highest BCUT2D eigenvalue weighted by atomic mass is 32.2. The molecule has 0 aromatic carbocycles. The summed E-state index contributed by atoms with van der Waals surface area (Å²) in [5, 5.41) is 3.28. The molecule has 112 valence electrons. The fourth-order valence-electron chi connectivity index (χ4n) is 2.25. The third kappa shape index (κ3) is 5.46. The molecule has 1 aliphatic rings. The summed E-state index contributed by atoms with van der Waals surface area (Å²) in [6.07, 6.45) is 2.05. The maximum absolute atomic E-state index is 12.2. The number of methoxy groups -OCH3 is 1. The van der Waals surface area contributed by atoms with Crippen molar-refractivity contribution in [3.63, 3.8) is 0 Å². The second-order valence-corrected chi connectivity index (χ2v) is 6.89. The molecule has 1 N–H and O–H groups in total. The summed E-state index contributed by atoms with van der Waals surface area (Å²) >= 11 is 0. The summed E-state index contributed by atoms with van der Waals surface area (Å²) in [5.41, 5.74) is 0. The molecule has 1 heterocycles. The van der Waals surface area contributed by atoms with Crippen LogP contribution in [-0.2, 0) is 19.6 Å². The van der Waals surface area contributed by atoms with E-state index < -0.39 is 16.0 Å². The lowest BCUT2D eigenvalue weighted by Crippen LogP contribution is -2.42. The Labute approximate surface area is 115 Å². The first-order valence-corrected chi connectivity index (χ1v) is 8.36. The Morgan fingerprint density at radius 1 is 1.47 bits per heavy atom. The van der Waals surface area contributed by atoms with Gasteiger partial charge in [-0.25, -0.2) is 12.7 Å². The lowest BCUT2D eigenvalue weighted by atomic mass is 10.00. The molecular weight excluding hydrogens is 268 g/mol. The highest BCUT2D eigenvalue weighted by Crippen LogP contribution is 2.14. The number of rotatable bonds is 7. The summed E-state index contributed by atoms with van der Waals surface area (Å²) in [6, 6.07) is 0. The van der Waals surface area contributed by atoms with Gasteiger partial charge in [-0.1, -0.05) is 6.92 Å². The molecule has 1 saturated heterocycles. The van der Waals surface area contributed by atoms with E-state index in [2.05, 4.69) is 10.1 Å². The summed E-state index contributed by atoms with van der Waals surface area (Å²) < 4.78 is 30.3. The minimum Gasteiger partial charge on any atom is -0.469 e. The first kappa shape index (κ1) is 16.4. The highest BCUT2D eigenvalue weighted by molar-refractivity contribution is 7.89. The normalized spacial score (nSPS) is 20.5. The van der Waals surface area contributed by atoms with E-state index in [0.29, 0.717) is 19.0 Å². The van der Waals surface area contributed by atoms with Crippen LogP contribution in [0, 0.1) is 5.92 Å². The van der Waals surface area contributed by atoms with Crippen LogP contribution < -0.4 is 5.32 Å². The summed E-state index contributed by atoms with van der Waals surface area (Å²) in [5.74, 6) is -0.297. The molecule has 0 radical (unpaired) electrons. The first-order valence-electron chi connectivity index (χ1n) is 6.75. The number of nitrogens with zero attached hydrogens (tertiary/aromatic N) is 1. The second kappa shape index (κ2) is 7.81. The maximum Gasteiger partial charge on any atom is 0.306 e. The van der Waals surface area contributed by atoms with Gasteiger partial charge in [0.1, 0.15) is 0 Å². The minimum absolute atomic E-state index is 0.0851. The van der Waals surface area contributed by atoms with E-state index in [9.17, 15) is 13.2 Å². The van der Waals surface area contributed by atoms with Crippen molar-refractivity contribution < 1.29 is 17.9 Å². The van der Waals surface area contributed by atoms with Gasteiger partial charge in [0.05, 0.1) is 19.3 Å². The first-order chi connectivity index (χ1) is 8.99. The number of hydrogen-bond acceptors (Lipinski definition) is 5. The third-order valence-electron chi connectivity index (χ3n) is 3.40. The molecule has 0 bridgehead atoms. The molecule has 19 heavy (non-hydrogen) atoms. The SMILES string of the molecule is CCN(CC1CCCNC1)S(=O)(=O)CCC(=O)OC. The molecule has 6 nitrogen and oxygen atoms in total. The zero-order valence-corrected chi connectivity index (χ0v) is 12.5. The lowest BCUT2D eigenvalue weighted by Gasteiger charge is -2.28. The Bertz CT molecular complexity index is 377. The molecule has 0 aromatic rings. The summed E-state index contributed by atoms with van der Waals surface area (Å²) in [6.45, 7) is 4.68. The molecule has 1 aliphatic heterocycles. The molecule has 1 fully saturated rings. The van der Waals surface area contributed by atoms with Crippen molar-refractivity contribution in [2.45, 2.75) is 26.2 Å². The number of nitrogens with one attached hydrogen (secondary N) is 1. The molecule has 1 rings (SSSR count). The Balaban J connectivity index is 2.53. The molecule has 0 aliphatic carbocycles. The van der Waals surface area contributed by atoms with Gasteiger partial charge in [-0.05, 0) is 31.8 Å². The van der Waals surface area contributed by atoms with Crippen LogP contribution in [-0.4, -0.2) is 57.7 Å². The number of ether oxygens (including phenoxy) is 1. The van der Waals surface area contributed by atoms with Crippen LogP contribution in [0.2, 0.25) is 0 Å². The van der Waals surface area contributed by atoms with Gasteiger partial charge in [0.2, 0.25) is 10.0 Å². The zero-order chi connectivity index (χ0) is 14.3. The molecule has 0 saturated carbocycles. The van der Waals surface area contributed by atoms with Crippen LogP contribution in [0.25, 0.3) is 0 Å². The number of piperidine rings is 1. The molecule has 0 aromatic heterocycles. The van der Waals surface area contributed by atoms with E-state index in [4.69, 9.17) is 0 Å². The van der Waals surface area contributed by atoms with Crippen LogP contribution >= 0.6 is 0 Å². The smallest absolute Gasteiger partial charge is 0.306 e. The average Bonchev–Trinajstić information content (AvgIpc) is 2.43. The van der Waals surface area contributed by atoms with Crippen molar-refractivity contribution in [1.82, 2.24) is 9.62 Å². The summed E-state index contributed by atoms with van der Waals surface area (Å²) in [7, 11) is -2.11. The minimum atomic E-state index is -3.37. The van der Waals surface area contributed by atoms with E-state index in [1.165, 1.54) is 11.4 Å². The number of carbonyl (C=O) groups is 1. The van der Waals surface area contributed by atoms with Gasteiger partial charge in [-0.15, -0.1) is 0 Å². The van der Waals surface area contributed by atoms with E-state index >= 15 is 0 Å². The Kier molecular flexibility index (Phi) is 6.74. The monoisotopic (exact) mass is 292 g/mol. The Morgan fingerprint density at radius 3 is 2.74 bits per heavy atom. The van der Waals surface area contributed by atoms with Crippen molar-refractivity contribution in [3.05, 3.63) is 0 Å². The van der Waals surface area contributed by atoms with E-state index in [1.54, 1.807) is 0 Å². The van der Waals surface area contributed by atoms with Gasteiger partial charge in [-0.2, -0.15) is 0 Å². The van der Waals surface area contributed by atoms with Gasteiger partial charge in [-0.3, -0.25) is 4.79 Å². The molecule has 0 amide bonds.